The number of carbonyl (C=O) groups is 2. The Morgan fingerprint density at radius 3 is 2.63 bits per heavy atom. The first kappa shape index (κ1) is 15.6. The van der Waals surface area contributed by atoms with Crippen LogP contribution in [0, 0.1) is 0 Å². The molecule has 0 spiro atoms. The lowest BCUT2D eigenvalue weighted by atomic mass is 10.1. The van der Waals surface area contributed by atoms with Crippen molar-refractivity contribution >= 4 is 28.3 Å². The molecular formula is C12H19N3O3S. The molecule has 0 unspecified atom stereocenters. The normalized spacial score (nSPS) is 11.6. The van der Waals surface area contributed by atoms with Gasteiger partial charge in [0.25, 0.3) is 0 Å². The molecule has 6 nitrogen and oxygen atoms in total. The Labute approximate surface area is 116 Å². The molecule has 0 bridgehead atoms. The summed E-state index contributed by atoms with van der Waals surface area (Å²) >= 11 is 1.35. The number of rotatable bonds is 6. The molecule has 1 aromatic rings. The molecular weight excluding hydrogens is 266 g/mol. The van der Waals surface area contributed by atoms with Gasteiger partial charge in [-0.15, -0.1) is 11.3 Å². The van der Waals surface area contributed by atoms with Crippen LogP contribution < -0.4 is 5.32 Å². The first-order chi connectivity index (χ1) is 8.79. The number of carbonyl (C=O) groups excluding carboxylic acids is 1. The predicted octanol–water partition coefficient (Wildman–Crippen LogP) is 1.66. The van der Waals surface area contributed by atoms with Crippen molar-refractivity contribution in [2.75, 3.05) is 18.4 Å². The molecule has 19 heavy (non-hydrogen) atoms. The minimum absolute atomic E-state index is 0.0157. The molecule has 1 heterocycles. The fraction of sp³-hybridized carbons (Fsp3) is 0.583. The van der Waals surface area contributed by atoms with E-state index in [4.69, 9.17) is 5.11 Å². The van der Waals surface area contributed by atoms with E-state index in [1.807, 2.05) is 25.7 Å². The number of carboxylic acids is 1. The second kappa shape index (κ2) is 6.63. The van der Waals surface area contributed by atoms with Gasteiger partial charge in [0, 0.05) is 23.7 Å². The van der Waals surface area contributed by atoms with E-state index < -0.39 is 5.97 Å². The van der Waals surface area contributed by atoms with Crippen LogP contribution in [0.1, 0.15) is 27.2 Å². The summed E-state index contributed by atoms with van der Waals surface area (Å²) in [6.07, 6.45) is 1.63. The number of hydrogen-bond acceptors (Lipinski definition) is 5. The van der Waals surface area contributed by atoms with Gasteiger partial charge in [-0.05, 0) is 20.8 Å². The Balaban J connectivity index is 2.56. The van der Waals surface area contributed by atoms with Gasteiger partial charge in [-0.1, -0.05) is 0 Å². The molecule has 0 radical (unpaired) electrons. The predicted molar refractivity (Wildman–Crippen MR) is 74.3 cm³/mol. The largest absolute Gasteiger partial charge is 0.481 e. The van der Waals surface area contributed by atoms with Crippen molar-refractivity contribution in [2.45, 2.75) is 32.7 Å². The Hall–Kier alpha value is -1.47. The molecule has 0 aromatic carbocycles. The summed E-state index contributed by atoms with van der Waals surface area (Å²) in [5.74, 6) is -1.05. The summed E-state index contributed by atoms with van der Waals surface area (Å²) < 4.78 is 0. The maximum Gasteiger partial charge on any atom is 0.304 e. The highest BCUT2D eigenvalue weighted by molar-refractivity contribution is 7.13. The fourth-order valence-corrected chi connectivity index (χ4v) is 2.04. The third-order valence-corrected chi connectivity index (χ3v) is 3.25. The highest BCUT2D eigenvalue weighted by Gasteiger charge is 2.24. The number of nitrogens with one attached hydrogen (secondary N) is 1. The zero-order valence-electron chi connectivity index (χ0n) is 11.3. The van der Waals surface area contributed by atoms with Crippen molar-refractivity contribution in [3.8, 4) is 0 Å². The van der Waals surface area contributed by atoms with Crippen LogP contribution in [-0.2, 0) is 9.59 Å². The van der Waals surface area contributed by atoms with Crippen molar-refractivity contribution in [1.82, 2.24) is 9.88 Å². The zero-order valence-corrected chi connectivity index (χ0v) is 12.2. The summed E-state index contributed by atoms with van der Waals surface area (Å²) in [4.78, 5) is 28.3. The monoisotopic (exact) mass is 285 g/mol. The van der Waals surface area contributed by atoms with Crippen LogP contribution in [0.5, 0.6) is 0 Å². The number of amides is 1. The molecule has 0 saturated heterocycles. The third-order valence-electron chi connectivity index (χ3n) is 2.56. The highest BCUT2D eigenvalue weighted by Crippen LogP contribution is 2.15. The number of aromatic nitrogens is 1. The minimum atomic E-state index is -0.866. The molecule has 0 aliphatic rings. The minimum Gasteiger partial charge on any atom is -0.481 e. The second-order valence-electron chi connectivity index (χ2n) is 5.12. The number of hydrogen-bond donors (Lipinski definition) is 2. The molecule has 1 amide bonds. The summed E-state index contributed by atoms with van der Waals surface area (Å²) in [5.41, 5.74) is -0.268. The van der Waals surface area contributed by atoms with Gasteiger partial charge in [-0.3, -0.25) is 14.5 Å². The van der Waals surface area contributed by atoms with Crippen molar-refractivity contribution in [3.63, 3.8) is 0 Å². The van der Waals surface area contributed by atoms with E-state index in [9.17, 15) is 9.59 Å². The van der Waals surface area contributed by atoms with Gasteiger partial charge in [0.05, 0.1) is 13.0 Å². The molecule has 7 heteroatoms. The van der Waals surface area contributed by atoms with Gasteiger partial charge in [-0.2, -0.15) is 0 Å². The maximum atomic E-state index is 11.9. The van der Waals surface area contributed by atoms with E-state index in [0.717, 1.165) is 0 Å². The Bertz CT molecular complexity index is 426. The lowest BCUT2D eigenvalue weighted by molar-refractivity contribution is -0.138. The van der Waals surface area contributed by atoms with E-state index in [2.05, 4.69) is 10.3 Å². The molecule has 0 aliphatic heterocycles. The smallest absolute Gasteiger partial charge is 0.304 e. The SMILES string of the molecule is CC(C)(C)N(CCC(=O)O)CC(=O)Nc1nccs1. The van der Waals surface area contributed by atoms with Crippen molar-refractivity contribution in [2.24, 2.45) is 0 Å². The van der Waals surface area contributed by atoms with E-state index in [1.54, 1.807) is 11.6 Å². The molecule has 0 fully saturated rings. The molecule has 106 valence electrons. The van der Waals surface area contributed by atoms with Crippen LogP contribution in [0.2, 0.25) is 0 Å². The number of nitrogens with zero attached hydrogens (tertiary/aromatic N) is 2. The quantitative estimate of drug-likeness (QED) is 0.830. The van der Waals surface area contributed by atoms with Crippen LogP contribution in [-0.4, -0.2) is 45.5 Å². The second-order valence-corrected chi connectivity index (χ2v) is 6.02. The Morgan fingerprint density at radius 2 is 2.16 bits per heavy atom. The highest BCUT2D eigenvalue weighted by atomic mass is 32.1. The van der Waals surface area contributed by atoms with Gasteiger partial charge >= 0.3 is 5.97 Å². The zero-order chi connectivity index (χ0) is 14.5. The third kappa shape index (κ3) is 5.80. The lowest BCUT2D eigenvalue weighted by Gasteiger charge is -2.34. The van der Waals surface area contributed by atoms with Gasteiger partial charge in [0.2, 0.25) is 5.91 Å². The molecule has 0 atom stereocenters. The standard InChI is InChI=1S/C12H19N3O3S/c1-12(2,3)15(6-4-10(17)18)8-9(16)14-11-13-5-7-19-11/h5,7H,4,6,8H2,1-3H3,(H,17,18)(H,13,14,16). The molecule has 0 aliphatic carbocycles. The van der Waals surface area contributed by atoms with Crippen molar-refractivity contribution < 1.29 is 14.7 Å². The van der Waals surface area contributed by atoms with Gasteiger partial charge in [0.1, 0.15) is 0 Å². The number of carboxylic acid groups (broad SMARTS) is 1. The molecule has 1 rings (SSSR count). The number of aliphatic carboxylic acids is 1. The fourth-order valence-electron chi connectivity index (χ4n) is 1.50. The van der Waals surface area contributed by atoms with E-state index in [1.165, 1.54) is 11.3 Å². The van der Waals surface area contributed by atoms with Crippen LogP contribution in [0.15, 0.2) is 11.6 Å². The van der Waals surface area contributed by atoms with Crippen molar-refractivity contribution in [3.05, 3.63) is 11.6 Å². The molecule has 0 saturated carbocycles. The molecule has 2 N–H and O–H groups in total. The van der Waals surface area contributed by atoms with Crippen LogP contribution in [0.4, 0.5) is 5.13 Å². The topological polar surface area (TPSA) is 82.5 Å². The average molecular weight is 285 g/mol. The summed E-state index contributed by atoms with van der Waals surface area (Å²) in [5, 5.41) is 13.8. The number of anilines is 1. The van der Waals surface area contributed by atoms with Gasteiger partial charge < -0.3 is 10.4 Å². The first-order valence-corrected chi connectivity index (χ1v) is 6.83. The lowest BCUT2D eigenvalue weighted by Crippen LogP contribution is -2.46. The first-order valence-electron chi connectivity index (χ1n) is 5.95. The maximum absolute atomic E-state index is 11.9. The van der Waals surface area contributed by atoms with Crippen molar-refractivity contribution in [1.29, 1.82) is 0 Å². The van der Waals surface area contributed by atoms with E-state index in [0.29, 0.717) is 11.7 Å². The summed E-state index contributed by atoms with van der Waals surface area (Å²) in [6, 6.07) is 0. The Morgan fingerprint density at radius 1 is 1.47 bits per heavy atom. The van der Waals surface area contributed by atoms with Gasteiger partial charge in [0.15, 0.2) is 5.13 Å². The number of thiazole rings is 1. The van der Waals surface area contributed by atoms with E-state index >= 15 is 0 Å². The summed E-state index contributed by atoms with van der Waals surface area (Å²) in [7, 11) is 0. The van der Waals surface area contributed by atoms with Gasteiger partial charge in [-0.25, -0.2) is 4.98 Å². The summed E-state index contributed by atoms with van der Waals surface area (Å²) in [6.45, 7) is 6.34. The average Bonchev–Trinajstić information content (AvgIpc) is 2.74. The van der Waals surface area contributed by atoms with Crippen LogP contribution in [0.25, 0.3) is 0 Å². The Kier molecular flexibility index (Phi) is 5.44. The van der Waals surface area contributed by atoms with E-state index in [-0.39, 0.29) is 24.4 Å². The van der Waals surface area contributed by atoms with Crippen LogP contribution >= 0.6 is 11.3 Å². The van der Waals surface area contributed by atoms with Crippen LogP contribution in [0.3, 0.4) is 0 Å². The molecule has 1 aromatic heterocycles.